The van der Waals surface area contributed by atoms with Crippen molar-refractivity contribution >= 4 is 0 Å². The molecular formula is C17H24FNO2. The van der Waals surface area contributed by atoms with Gasteiger partial charge in [0.15, 0.2) is 0 Å². The quantitative estimate of drug-likeness (QED) is 0.745. The molecule has 2 aliphatic rings. The Morgan fingerprint density at radius 1 is 1.24 bits per heavy atom. The molecule has 0 radical (unpaired) electrons. The lowest BCUT2D eigenvalue weighted by molar-refractivity contribution is 0.0981. The Labute approximate surface area is 125 Å². The van der Waals surface area contributed by atoms with Crippen LogP contribution in [0, 0.1) is 5.82 Å². The summed E-state index contributed by atoms with van der Waals surface area (Å²) in [6.45, 7) is 2.24. The summed E-state index contributed by atoms with van der Waals surface area (Å²) in [5.74, 6) is 0.411. The summed E-state index contributed by atoms with van der Waals surface area (Å²) in [6.07, 6.45) is 7.20. The third kappa shape index (κ3) is 4.97. The maximum Gasteiger partial charge on any atom is 0.127 e. The van der Waals surface area contributed by atoms with Gasteiger partial charge in [0, 0.05) is 25.3 Å². The molecule has 1 saturated carbocycles. The van der Waals surface area contributed by atoms with Crippen molar-refractivity contribution in [3.05, 3.63) is 29.6 Å². The van der Waals surface area contributed by atoms with E-state index in [1.807, 2.05) is 6.07 Å². The average molecular weight is 293 g/mol. The highest BCUT2D eigenvalue weighted by Gasteiger charge is 2.20. The average Bonchev–Trinajstić information content (AvgIpc) is 3.16. The van der Waals surface area contributed by atoms with E-state index in [2.05, 4.69) is 5.32 Å². The smallest absolute Gasteiger partial charge is 0.127 e. The van der Waals surface area contributed by atoms with E-state index >= 15 is 0 Å². The molecule has 2 fully saturated rings. The van der Waals surface area contributed by atoms with Gasteiger partial charge >= 0.3 is 0 Å². The molecule has 3 rings (SSSR count). The van der Waals surface area contributed by atoms with Gasteiger partial charge in [-0.2, -0.15) is 0 Å². The van der Waals surface area contributed by atoms with E-state index in [1.54, 1.807) is 6.07 Å². The molecule has 116 valence electrons. The van der Waals surface area contributed by atoms with Crippen LogP contribution in [-0.2, 0) is 11.3 Å². The maximum atomic E-state index is 13.6. The summed E-state index contributed by atoms with van der Waals surface area (Å²) < 4.78 is 24.9. The van der Waals surface area contributed by atoms with Crippen LogP contribution >= 0.6 is 0 Å². The lowest BCUT2D eigenvalue weighted by Gasteiger charge is -2.11. The first kappa shape index (κ1) is 14.8. The fraction of sp³-hybridized carbons (Fsp3) is 0.647. The summed E-state index contributed by atoms with van der Waals surface area (Å²) in [7, 11) is 0. The molecule has 4 heteroatoms. The van der Waals surface area contributed by atoms with E-state index in [-0.39, 0.29) is 5.82 Å². The van der Waals surface area contributed by atoms with Crippen LogP contribution in [0.3, 0.4) is 0 Å². The summed E-state index contributed by atoms with van der Waals surface area (Å²) in [4.78, 5) is 0. The predicted octanol–water partition coefficient (Wildman–Crippen LogP) is 3.42. The van der Waals surface area contributed by atoms with Gasteiger partial charge in [0.25, 0.3) is 0 Å². The van der Waals surface area contributed by atoms with E-state index < -0.39 is 0 Å². The van der Waals surface area contributed by atoms with Crippen LogP contribution in [0.15, 0.2) is 18.2 Å². The lowest BCUT2D eigenvalue weighted by Crippen LogP contribution is -2.15. The third-order valence-electron chi connectivity index (χ3n) is 4.07. The molecule has 0 spiro atoms. The third-order valence-corrected chi connectivity index (χ3v) is 4.07. The maximum absolute atomic E-state index is 13.6. The minimum absolute atomic E-state index is 0.223. The molecule has 1 unspecified atom stereocenters. The van der Waals surface area contributed by atoms with E-state index in [1.165, 1.54) is 25.3 Å². The number of hydrogen-bond acceptors (Lipinski definition) is 3. The predicted molar refractivity (Wildman–Crippen MR) is 80.0 cm³/mol. The number of hydrogen-bond donors (Lipinski definition) is 1. The van der Waals surface area contributed by atoms with Crippen LogP contribution in [0.2, 0.25) is 0 Å². The van der Waals surface area contributed by atoms with Gasteiger partial charge in [-0.15, -0.1) is 0 Å². The lowest BCUT2D eigenvalue weighted by atomic mass is 10.1. The van der Waals surface area contributed by atoms with Gasteiger partial charge in [-0.3, -0.25) is 0 Å². The molecular weight excluding hydrogens is 269 g/mol. The molecule has 1 heterocycles. The first-order chi connectivity index (χ1) is 10.3. The second kappa shape index (κ2) is 7.23. The fourth-order valence-electron chi connectivity index (χ4n) is 2.73. The molecule has 1 aromatic rings. The van der Waals surface area contributed by atoms with E-state index in [4.69, 9.17) is 9.47 Å². The van der Waals surface area contributed by atoms with Crippen molar-refractivity contribution in [1.82, 2.24) is 5.32 Å². The first-order valence-corrected chi connectivity index (χ1v) is 8.07. The Morgan fingerprint density at radius 3 is 2.90 bits per heavy atom. The van der Waals surface area contributed by atoms with E-state index in [0.29, 0.717) is 31.0 Å². The zero-order valence-electron chi connectivity index (χ0n) is 12.4. The van der Waals surface area contributed by atoms with Gasteiger partial charge in [-0.1, -0.05) is 0 Å². The summed E-state index contributed by atoms with van der Waals surface area (Å²) in [5.41, 5.74) is 0.955. The zero-order chi connectivity index (χ0) is 14.5. The van der Waals surface area contributed by atoms with E-state index in [9.17, 15) is 4.39 Å². The van der Waals surface area contributed by atoms with Gasteiger partial charge < -0.3 is 14.8 Å². The Kier molecular flexibility index (Phi) is 5.09. The van der Waals surface area contributed by atoms with Crippen molar-refractivity contribution in [2.45, 2.75) is 57.2 Å². The Morgan fingerprint density at radius 2 is 2.14 bits per heavy atom. The van der Waals surface area contributed by atoms with Crippen LogP contribution in [0.25, 0.3) is 0 Å². The second-order valence-electron chi connectivity index (χ2n) is 6.08. The standard InChI is InChI=1S/C17H24FNO2/c18-14-9-13(12-19-15-5-6-15)10-17(11-14)21-8-2-4-16-3-1-7-20-16/h9-11,15-16,19H,1-8,12H2. The van der Waals surface area contributed by atoms with Crippen LogP contribution in [-0.4, -0.2) is 25.4 Å². The Bertz CT molecular complexity index is 456. The topological polar surface area (TPSA) is 30.5 Å². The monoisotopic (exact) mass is 293 g/mol. The second-order valence-corrected chi connectivity index (χ2v) is 6.08. The summed E-state index contributed by atoms with van der Waals surface area (Å²) in [5, 5.41) is 3.39. The molecule has 1 atom stereocenters. The number of ether oxygens (including phenoxy) is 2. The van der Waals surface area contributed by atoms with Gasteiger partial charge in [0.2, 0.25) is 0 Å². The molecule has 1 aliphatic carbocycles. The number of benzene rings is 1. The Balaban J connectivity index is 1.42. The van der Waals surface area contributed by atoms with Crippen LogP contribution < -0.4 is 10.1 Å². The first-order valence-electron chi connectivity index (χ1n) is 8.07. The van der Waals surface area contributed by atoms with Crippen molar-refractivity contribution in [1.29, 1.82) is 0 Å². The summed E-state index contributed by atoms with van der Waals surface area (Å²) >= 11 is 0. The van der Waals surface area contributed by atoms with Crippen molar-refractivity contribution in [2.24, 2.45) is 0 Å². The van der Waals surface area contributed by atoms with Crippen molar-refractivity contribution in [3.8, 4) is 5.75 Å². The number of nitrogens with one attached hydrogen (secondary N) is 1. The number of rotatable bonds is 8. The molecule has 0 aromatic heterocycles. The number of halogens is 1. The van der Waals surface area contributed by atoms with E-state index in [0.717, 1.165) is 31.4 Å². The van der Waals surface area contributed by atoms with Crippen molar-refractivity contribution in [3.63, 3.8) is 0 Å². The largest absolute Gasteiger partial charge is 0.493 e. The minimum Gasteiger partial charge on any atom is -0.493 e. The molecule has 1 N–H and O–H groups in total. The van der Waals surface area contributed by atoms with Crippen LogP contribution in [0.1, 0.15) is 44.1 Å². The highest BCUT2D eigenvalue weighted by Crippen LogP contribution is 2.22. The molecule has 21 heavy (non-hydrogen) atoms. The van der Waals surface area contributed by atoms with Gasteiger partial charge in [-0.05, 0) is 56.2 Å². The zero-order valence-corrected chi connectivity index (χ0v) is 12.4. The highest BCUT2D eigenvalue weighted by atomic mass is 19.1. The molecule has 0 amide bonds. The van der Waals surface area contributed by atoms with Gasteiger partial charge in [0.05, 0.1) is 12.7 Å². The van der Waals surface area contributed by atoms with Crippen LogP contribution in [0.5, 0.6) is 5.75 Å². The molecule has 3 nitrogen and oxygen atoms in total. The molecule has 0 bridgehead atoms. The molecule has 1 aliphatic heterocycles. The molecule has 1 saturated heterocycles. The Hall–Kier alpha value is -1.13. The van der Waals surface area contributed by atoms with Gasteiger partial charge in [-0.25, -0.2) is 4.39 Å². The fourth-order valence-corrected chi connectivity index (χ4v) is 2.73. The SMILES string of the molecule is Fc1cc(CNC2CC2)cc(OCCCC2CCCO2)c1. The van der Waals surface area contributed by atoms with Crippen LogP contribution in [0.4, 0.5) is 4.39 Å². The van der Waals surface area contributed by atoms with Crippen molar-refractivity contribution in [2.75, 3.05) is 13.2 Å². The highest BCUT2D eigenvalue weighted by molar-refractivity contribution is 5.29. The minimum atomic E-state index is -0.223. The van der Waals surface area contributed by atoms with Gasteiger partial charge in [0.1, 0.15) is 11.6 Å². The molecule has 1 aromatic carbocycles. The normalized spacial score (nSPS) is 21.7. The van der Waals surface area contributed by atoms with Crippen molar-refractivity contribution < 1.29 is 13.9 Å². The summed E-state index contributed by atoms with van der Waals surface area (Å²) in [6, 6.07) is 5.61.